The summed E-state index contributed by atoms with van der Waals surface area (Å²) in [5.41, 5.74) is 2.70. The fraction of sp³-hybridized carbons (Fsp3) is 0.179. The molecule has 0 aromatic heterocycles. The molecule has 38 heavy (non-hydrogen) atoms. The summed E-state index contributed by atoms with van der Waals surface area (Å²) < 4.78 is 17.8. The minimum Gasteiger partial charge on any atom is -0.493 e. The summed E-state index contributed by atoms with van der Waals surface area (Å²) in [6.07, 6.45) is 1.34. The van der Waals surface area contributed by atoms with Crippen molar-refractivity contribution in [1.82, 2.24) is 5.32 Å². The molecule has 10 heteroatoms. The zero-order chi connectivity index (χ0) is 27.4. The van der Waals surface area contributed by atoms with Crippen LogP contribution in [0.25, 0.3) is 6.08 Å². The Bertz CT molecular complexity index is 1420. The van der Waals surface area contributed by atoms with Gasteiger partial charge in [-0.15, -0.1) is 0 Å². The zero-order valence-electron chi connectivity index (χ0n) is 20.8. The number of nitrogens with zero attached hydrogens (tertiary/aromatic N) is 1. The summed E-state index contributed by atoms with van der Waals surface area (Å²) in [5.74, 6) is -0.226. The summed E-state index contributed by atoms with van der Waals surface area (Å²) in [7, 11) is 1.45. The highest BCUT2D eigenvalue weighted by molar-refractivity contribution is 9.10. The molecule has 8 nitrogen and oxygen atoms in total. The van der Waals surface area contributed by atoms with E-state index in [9.17, 15) is 14.4 Å². The number of rotatable bonds is 8. The van der Waals surface area contributed by atoms with Crippen molar-refractivity contribution in [2.45, 2.75) is 13.8 Å². The van der Waals surface area contributed by atoms with Crippen molar-refractivity contribution in [3.8, 4) is 17.2 Å². The van der Waals surface area contributed by atoms with Crippen LogP contribution >= 0.6 is 27.5 Å². The molecule has 4 rings (SSSR count). The molecule has 0 atom stereocenters. The van der Waals surface area contributed by atoms with E-state index < -0.39 is 17.8 Å². The molecule has 1 fully saturated rings. The number of anilines is 1. The van der Waals surface area contributed by atoms with Gasteiger partial charge in [-0.05, 0) is 85.1 Å². The standard InChI is InChI=1S/C28H24BrClN2O6/c1-16-10-17(2)12-21(11-16)37-8-9-38-25-23(30)14-18(15-24(25)36-3)13-22-26(33)31-28(35)32(27(22)34)20-6-4-19(29)5-7-20/h4-7,10-15H,8-9H2,1-3H3,(H,31,33,35)/b22-13+. The Kier molecular flexibility index (Phi) is 8.38. The van der Waals surface area contributed by atoms with Gasteiger partial charge in [-0.3, -0.25) is 14.9 Å². The number of carbonyl (C=O) groups excluding carboxylic acids is 3. The molecule has 0 radical (unpaired) electrons. The minimum absolute atomic E-state index is 0.203. The molecule has 1 N–H and O–H groups in total. The summed E-state index contributed by atoms with van der Waals surface area (Å²) in [6, 6.07) is 14.8. The average Bonchev–Trinajstić information content (AvgIpc) is 2.85. The Morgan fingerprint density at radius 3 is 2.26 bits per heavy atom. The molecular formula is C28H24BrClN2O6. The van der Waals surface area contributed by atoms with Crippen LogP contribution in [0.4, 0.5) is 10.5 Å². The molecule has 0 aliphatic carbocycles. The van der Waals surface area contributed by atoms with Gasteiger partial charge in [0, 0.05) is 4.47 Å². The number of hydrogen-bond acceptors (Lipinski definition) is 6. The van der Waals surface area contributed by atoms with E-state index in [2.05, 4.69) is 27.3 Å². The third-order valence-electron chi connectivity index (χ3n) is 5.54. The number of halogens is 2. The summed E-state index contributed by atoms with van der Waals surface area (Å²) >= 11 is 9.79. The van der Waals surface area contributed by atoms with Gasteiger partial charge in [-0.2, -0.15) is 0 Å². The number of hydrogen-bond donors (Lipinski definition) is 1. The molecule has 0 spiro atoms. The van der Waals surface area contributed by atoms with Crippen LogP contribution in [0.1, 0.15) is 16.7 Å². The molecule has 1 aliphatic heterocycles. The number of carbonyl (C=O) groups is 3. The Hall–Kier alpha value is -3.82. The number of amides is 4. The number of methoxy groups -OCH3 is 1. The highest BCUT2D eigenvalue weighted by Gasteiger charge is 2.36. The van der Waals surface area contributed by atoms with Gasteiger partial charge in [0.1, 0.15) is 24.5 Å². The van der Waals surface area contributed by atoms with E-state index in [-0.39, 0.29) is 23.8 Å². The van der Waals surface area contributed by atoms with E-state index >= 15 is 0 Å². The summed E-state index contributed by atoms with van der Waals surface area (Å²) in [5, 5.41) is 2.41. The molecule has 196 valence electrons. The van der Waals surface area contributed by atoms with Gasteiger partial charge < -0.3 is 14.2 Å². The molecule has 1 heterocycles. The highest BCUT2D eigenvalue weighted by atomic mass is 79.9. The molecule has 0 unspecified atom stereocenters. The first-order chi connectivity index (χ1) is 18.2. The lowest BCUT2D eigenvalue weighted by atomic mass is 10.1. The second kappa shape index (κ2) is 11.7. The number of nitrogens with one attached hydrogen (secondary N) is 1. The van der Waals surface area contributed by atoms with E-state index in [1.807, 2.05) is 26.0 Å². The van der Waals surface area contributed by atoms with E-state index in [4.69, 9.17) is 25.8 Å². The molecular weight excluding hydrogens is 576 g/mol. The van der Waals surface area contributed by atoms with Crippen molar-refractivity contribution in [3.63, 3.8) is 0 Å². The zero-order valence-corrected chi connectivity index (χ0v) is 23.2. The van der Waals surface area contributed by atoms with Gasteiger partial charge in [-0.25, -0.2) is 9.69 Å². The van der Waals surface area contributed by atoms with E-state index in [0.717, 1.165) is 26.2 Å². The Balaban J connectivity index is 1.52. The lowest BCUT2D eigenvalue weighted by Gasteiger charge is -2.26. The first kappa shape index (κ1) is 27.2. The number of imide groups is 2. The largest absolute Gasteiger partial charge is 0.493 e. The maximum absolute atomic E-state index is 13.1. The second-order valence-corrected chi connectivity index (χ2v) is 9.81. The molecule has 1 aliphatic rings. The lowest BCUT2D eigenvalue weighted by Crippen LogP contribution is -2.54. The summed E-state index contributed by atoms with van der Waals surface area (Å²) in [4.78, 5) is 39.0. The molecule has 4 amide bonds. The monoisotopic (exact) mass is 598 g/mol. The van der Waals surface area contributed by atoms with Gasteiger partial charge in [0.25, 0.3) is 11.8 Å². The highest BCUT2D eigenvalue weighted by Crippen LogP contribution is 2.37. The maximum atomic E-state index is 13.1. The maximum Gasteiger partial charge on any atom is 0.335 e. The topological polar surface area (TPSA) is 94.2 Å². The van der Waals surface area contributed by atoms with Crippen molar-refractivity contribution in [3.05, 3.63) is 86.4 Å². The summed E-state index contributed by atoms with van der Waals surface area (Å²) in [6.45, 7) is 4.48. The number of benzene rings is 3. The van der Waals surface area contributed by atoms with Crippen molar-refractivity contribution in [2.24, 2.45) is 0 Å². The van der Waals surface area contributed by atoms with Crippen molar-refractivity contribution in [2.75, 3.05) is 25.2 Å². The fourth-order valence-electron chi connectivity index (χ4n) is 3.93. The van der Waals surface area contributed by atoms with Crippen LogP contribution in [-0.4, -0.2) is 38.2 Å². The van der Waals surface area contributed by atoms with Gasteiger partial charge in [-0.1, -0.05) is 33.6 Å². The van der Waals surface area contributed by atoms with Crippen molar-refractivity contribution >= 4 is 57.1 Å². The van der Waals surface area contributed by atoms with E-state index in [1.165, 1.54) is 19.3 Å². The van der Waals surface area contributed by atoms with Crippen LogP contribution < -0.4 is 24.4 Å². The normalized spacial score (nSPS) is 14.5. The predicted molar refractivity (Wildman–Crippen MR) is 148 cm³/mol. The van der Waals surface area contributed by atoms with Crippen LogP contribution in [0, 0.1) is 13.8 Å². The number of aryl methyl sites for hydroxylation is 2. The number of barbiturate groups is 1. The van der Waals surface area contributed by atoms with Crippen molar-refractivity contribution < 1.29 is 28.6 Å². The minimum atomic E-state index is -0.832. The Morgan fingerprint density at radius 1 is 0.947 bits per heavy atom. The SMILES string of the molecule is COc1cc(/C=C2\C(=O)NC(=O)N(c3ccc(Br)cc3)C2=O)cc(Cl)c1OCCOc1cc(C)cc(C)c1. The third kappa shape index (κ3) is 6.17. The van der Waals surface area contributed by atoms with Crippen LogP contribution in [0.2, 0.25) is 5.02 Å². The molecule has 0 bridgehead atoms. The quantitative estimate of drug-likeness (QED) is 0.198. The number of ether oxygens (including phenoxy) is 3. The molecule has 0 saturated carbocycles. The van der Waals surface area contributed by atoms with Gasteiger partial charge >= 0.3 is 6.03 Å². The van der Waals surface area contributed by atoms with Gasteiger partial charge in [0.15, 0.2) is 11.5 Å². The number of urea groups is 1. The first-order valence-corrected chi connectivity index (χ1v) is 12.7. The van der Waals surface area contributed by atoms with Crippen LogP contribution in [0.3, 0.4) is 0 Å². The fourth-order valence-corrected chi connectivity index (χ4v) is 4.47. The second-order valence-electron chi connectivity index (χ2n) is 8.49. The average molecular weight is 600 g/mol. The Morgan fingerprint density at radius 2 is 1.61 bits per heavy atom. The Labute approximate surface area is 233 Å². The lowest BCUT2D eigenvalue weighted by molar-refractivity contribution is -0.122. The molecule has 3 aromatic rings. The van der Waals surface area contributed by atoms with E-state index in [0.29, 0.717) is 22.7 Å². The van der Waals surface area contributed by atoms with Crippen LogP contribution in [-0.2, 0) is 9.59 Å². The van der Waals surface area contributed by atoms with Gasteiger partial charge in [0.05, 0.1) is 17.8 Å². The third-order valence-corrected chi connectivity index (χ3v) is 6.35. The van der Waals surface area contributed by atoms with Crippen LogP contribution in [0.15, 0.2) is 64.6 Å². The molecule has 1 saturated heterocycles. The predicted octanol–water partition coefficient (Wildman–Crippen LogP) is 5.85. The van der Waals surface area contributed by atoms with Crippen LogP contribution in [0.5, 0.6) is 17.2 Å². The van der Waals surface area contributed by atoms with E-state index in [1.54, 1.807) is 30.3 Å². The molecule has 3 aromatic carbocycles. The van der Waals surface area contributed by atoms with Gasteiger partial charge in [0.2, 0.25) is 0 Å². The first-order valence-electron chi connectivity index (χ1n) is 11.5. The van der Waals surface area contributed by atoms with Crippen molar-refractivity contribution in [1.29, 1.82) is 0 Å². The smallest absolute Gasteiger partial charge is 0.335 e.